The molecule has 0 radical (unpaired) electrons. The lowest BCUT2D eigenvalue weighted by molar-refractivity contribution is 0.357. The van der Waals surface area contributed by atoms with E-state index < -0.39 is 0 Å². The first-order valence-electron chi connectivity index (χ1n) is 7.38. The predicted molar refractivity (Wildman–Crippen MR) is 83.9 cm³/mol. The topological polar surface area (TPSA) is 30.5 Å². The Labute approximate surface area is 125 Å². The molecule has 2 aromatic rings. The minimum Gasteiger partial charge on any atom is -0.497 e. The van der Waals surface area contributed by atoms with Gasteiger partial charge in [0.2, 0.25) is 0 Å². The first-order valence-corrected chi connectivity index (χ1v) is 7.38. The fourth-order valence-corrected chi connectivity index (χ4v) is 2.63. The number of rotatable bonds is 5. The minimum absolute atomic E-state index is 0.306. The predicted octanol–water partition coefficient (Wildman–Crippen LogP) is 3.48. The van der Waals surface area contributed by atoms with Gasteiger partial charge in [0.25, 0.3) is 0 Å². The van der Waals surface area contributed by atoms with Crippen LogP contribution in [-0.2, 0) is 13.0 Å². The normalized spacial score (nSPS) is 14.4. The molecule has 1 aliphatic heterocycles. The van der Waals surface area contributed by atoms with E-state index in [4.69, 9.17) is 9.47 Å². The number of hydrogen-bond donors (Lipinski definition) is 1. The third-order valence-electron chi connectivity index (χ3n) is 3.98. The summed E-state index contributed by atoms with van der Waals surface area (Å²) in [6.45, 7) is 3.85. The number of ether oxygens (including phenoxy) is 2. The summed E-state index contributed by atoms with van der Waals surface area (Å²) in [6.07, 6.45) is 1.03. The molecule has 0 aliphatic carbocycles. The third-order valence-corrected chi connectivity index (χ3v) is 3.98. The van der Waals surface area contributed by atoms with Gasteiger partial charge in [0.15, 0.2) is 0 Å². The lowest BCUT2D eigenvalue weighted by Crippen LogP contribution is -2.18. The Morgan fingerprint density at radius 2 is 2.00 bits per heavy atom. The molecule has 0 unspecified atom stereocenters. The van der Waals surface area contributed by atoms with E-state index in [0.717, 1.165) is 31.1 Å². The zero-order chi connectivity index (χ0) is 14.7. The highest BCUT2D eigenvalue weighted by Crippen LogP contribution is 2.26. The molecule has 1 aliphatic rings. The van der Waals surface area contributed by atoms with E-state index in [1.54, 1.807) is 7.11 Å². The molecule has 3 nitrogen and oxygen atoms in total. The van der Waals surface area contributed by atoms with Crippen molar-refractivity contribution in [3.8, 4) is 11.5 Å². The highest BCUT2D eigenvalue weighted by atomic mass is 16.5. The van der Waals surface area contributed by atoms with Crippen LogP contribution in [-0.4, -0.2) is 13.7 Å². The number of fused-ring (bicyclic) bond motifs is 1. The van der Waals surface area contributed by atoms with E-state index in [2.05, 4.69) is 42.6 Å². The Balaban J connectivity index is 1.61. The molecule has 0 saturated carbocycles. The summed E-state index contributed by atoms with van der Waals surface area (Å²) in [7, 11) is 1.69. The maximum absolute atomic E-state index is 5.54. The van der Waals surface area contributed by atoms with E-state index in [0.29, 0.717) is 6.04 Å². The quantitative estimate of drug-likeness (QED) is 0.911. The van der Waals surface area contributed by atoms with Crippen LogP contribution in [0.3, 0.4) is 0 Å². The first kappa shape index (κ1) is 14.0. The van der Waals surface area contributed by atoms with Gasteiger partial charge in [-0.25, -0.2) is 0 Å². The zero-order valence-corrected chi connectivity index (χ0v) is 12.6. The largest absolute Gasteiger partial charge is 0.497 e. The third kappa shape index (κ3) is 3.19. The van der Waals surface area contributed by atoms with Gasteiger partial charge in [-0.1, -0.05) is 24.3 Å². The number of methoxy groups -OCH3 is 1. The van der Waals surface area contributed by atoms with E-state index in [-0.39, 0.29) is 0 Å². The zero-order valence-electron chi connectivity index (χ0n) is 12.6. The van der Waals surface area contributed by atoms with Crippen molar-refractivity contribution in [3.05, 3.63) is 59.2 Å². The van der Waals surface area contributed by atoms with Crippen LogP contribution >= 0.6 is 0 Å². The highest BCUT2D eigenvalue weighted by Gasteiger charge is 2.12. The van der Waals surface area contributed by atoms with Crippen LogP contribution < -0.4 is 14.8 Å². The molecule has 3 rings (SSSR count). The maximum atomic E-state index is 5.54. The molecule has 0 aromatic heterocycles. The molecule has 0 spiro atoms. The second-order valence-corrected chi connectivity index (χ2v) is 5.42. The number of hydrogen-bond acceptors (Lipinski definition) is 3. The van der Waals surface area contributed by atoms with Crippen LogP contribution in [0.1, 0.15) is 29.7 Å². The highest BCUT2D eigenvalue weighted by molar-refractivity contribution is 5.39. The molecule has 1 heterocycles. The first-order chi connectivity index (χ1) is 10.3. The average molecular weight is 283 g/mol. The molecule has 1 atom stereocenters. The molecule has 0 fully saturated rings. The fourth-order valence-electron chi connectivity index (χ4n) is 2.63. The van der Waals surface area contributed by atoms with Crippen molar-refractivity contribution in [1.82, 2.24) is 5.32 Å². The average Bonchev–Trinajstić information content (AvgIpc) is 3.00. The monoisotopic (exact) mass is 283 g/mol. The van der Waals surface area contributed by atoms with Gasteiger partial charge in [0.05, 0.1) is 13.7 Å². The van der Waals surface area contributed by atoms with Crippen LogP contribution in [0, 0.1) is 0 Å². The van der Waals surface area contributed by atoms with Crippen LogP contribution in [0.2, 0.25) is 0 Å². The second-order valence-electron chi connectivity index (χ2n) is 5.42. The molecule has 1 N–H and O–H groups in total. The van der Waals surface area contributed by atoms with Crippen molar-refractivity contribution >= 4 is 0 Å². The summed E-state index contributed by atoms with van der Waals surface area (Å²) in [5.74, 6) is 1.94. The molecular weight excluding hydrogens is 262 g/mol. The van der Waals surface area contributed by atoms with Gasteiger partial charge in [-0.3, -0.25) is 0 Å². The smallest absolute Gasteiger partial charge is 0.122 e. The van der Waals surface area contributed by atoms with Crippen LogP contribution in [0.5, 0.6) is 11.5 Å². The maximum Gasteiger partial charge on any atom is 0.122 e. The summed E-state index contributed by atoms with van der Waals surface area (Å²) >= 11 is 0. The number of nitrogens with one attached hydrogen (secondary N) is 1. The molecule has 0 bridgehead atoms. The molecule has 0 saturated heterocycles. The summed E-state index contributed by atoms with van der Waals surface area (Å²) < 4.78 is 10.7. The van der Waals surface area contributed by atoms with Gasteiger partial charge in [0, 0.05) is 19.0 Å². The summed E-state index contributed by atoms with van der Waals surface area (Å²) in [5.41, 5.74) is 3.89. The van der Waals surface area contributed by atoms with Crippen molar-refractivity contribution in [2.45, 2.75) is 25.9 Å². The Morgan fingerprint density at radius 1 is 1.19 bits per heavy atom. The Hall–Kier alpha value is -2.00. The molecule has 110 valence electrons. The standard InChI is InChI=1S/C18H21NO2/c1-13(15-4-6-17(20-2)7-5-15)19-12-14-3-8-18-16(11-14)9-10-21-18/h3-8,11,13,19H,9-10,12H2,1-2H3/t13-/m0/s1. The van der Waals surface area contributed by atoms with Gasteiger partial charge in [-0.05, 0) is 41.8 Å². The fraction of sp³-hybridized carbons (Fsp3) is 0.333. The van der Waals surface area contributed by atoms with Crippen molar-refractivity contribution in [1.29, 1.82) is 0 Å². The number of benzene rings is 2. The molecule has 3 heteroatoms. The molecule has 21 heavy (non-hydrogen) atoms. The second kappa shape index (κ2) is 6.19. The SMILES string of the molecule is COc1ccc([C@H](C)NCc2ccc3c(c2)CCO3)cc1. The van der Waals surface area contributed by atoms with E-state index in [1.807, 2.05) is 12.1 Å². The van der Waals surface area contributed by atoms with Crippen LogP contribution in [0.4, 0.5) is 0 Å². The van der Waals surface area contributed by atoms with Gasteiger partial charge >= 0.3 is 0 Å². The summed E-state index contributed by atoms with van der Waals surface area (Å²) in [5, 5.41) is 3.56. The van der Waals surface area contributed by atoms with E-state index in [9.17, 15) is 0 Å². The van der Waals surface area contributed by atoms with Crippen molar-refractivity contribution in [2.75, 3.05) is 13.7 Å². The van der Waals surface area contributed by atoms with Crippen molar-refractivity contribution in [2.24, 2.45) is 0 Å². The van der Waals surface area contributed by atoms with Gasteiger partial charge in [0.1, 0.15) is 11.5 Å². The van der Waals surface area contributed by atoms with Gasteiger partial charge < -0.3 is 14.8 Å². The Bertz CT molecular complexity index is 607. The summed E-state index contributed by atoms with van der Waals surface area (Å²) in [4.78, 5) is 0. The van der Waals surface area contributed by atoms with Crippen LogP contribution in [0.15, 0.2) is 42.5 Å². The van der Waals surface area contributed by atoms with Gasteiger partial charge in [-0.2, -0.15) is 0 Å². The summed E-state index contributed by atoms with van der Waals surface area (Å²) in [6, 6.07) is 15.0. The lowest BCUT2D eigenvalue weighted by atomic mass is 10.1. The van der Waals surface area contributed by atoms with Crippen molar-refractivity contribution < 1.29 is 9.47 Å². The Morgan fingerprint density at radius 3 is 2.76 bits per heavy atom. The lowest BCUT2D eigenvalue weighted by Gasteiger charge is -2.15. The molecule has 0 amide bonds. The van der Waals surface area contributed by atoms with Gasteiger partial charge in [-0.15, -0.1) is 0 Å². The van der Waals surface area contributed by atoms with Crippen molar-refractivity contribution in [3.63, 3.8) is 0 Å². The minimum atomic E-state index is 0.306. The van der Waals surface area contributed by atoms with E-state index in [1.165, 1.54) is 16.7 Å². The molecule has 2 aromatic carbocycles. The van der Waals surface area contributed by atoms with Crippen LogP contribution in [0.25, 0.3) is 0 Å². The molecular formula is C18H21NO2. The Kier molecular flexibility index (Phi) is 4.11. The van der Waals surface area contributed by atoms with E-state index >= 15 is 0 Å².